The van der Waals surface area contributed by atoms with Crippen molar-refractivity contribution in [1.29, 1.82) is 0 Å². The van der Waals surface area contributed by atoms with E-state index in [1.807, 2.05) is 45.0 Å². The highest BCUT2D eigenvalue weighted by Crippen LogP contribution is 2.21. The number of ether oxygens (including phenoxy) is 1. The summed E-state index contributed by atoms with van der Waals surface area (Å²) in [4.78, 5) is 11.8. The molecule has 0 bridgehead atoms. The van der Waals surface area contributed by atoms with Crippen LogP contribution in [0.5, 0.6) is 0 Å². The first kappa shape index (κ1) is 16.0. The second-order valence-electron chi connectivity index (χ2n) is 5.27. The fourth-order valence-corrected chi connectivity index (χ4v) is 2.04. The first-order valence-electron chi connectivity index (χ1n) is 6.17. The van der Waals surface area contributed by atoms with Gasteiger partial charge in [0.05, 0.1) is 6.04 Å². The van der Waals surface area contributed by atoms with Gasteiger partial charge in [-0.2, -0.15) is 0 Å². The number of nitrogens with one attached hydrogen (secondary N) is 1. The lowest BCUT2D eigenvalue weighted by molar-refractivity contribution is 0.0496. The third kappa shape index (κ3) is 6.07. The monoisotopic (exact) mass is 329 g/mol. The van der Waals surface area contributed by atoms with Crippen molar-refractivity contribution >= 4 is 22.0 Å². The first-order valence-corrected chi connectivity index (χ1v) is 6.97. The number of carbonyl (C=O) groups excluding carboxylic acids is 1. The number of aliphatic hydroxyl groups is 1. The molecule has 1 amide bonds. The summed E-state index contributed by atoms with van der Waals surface area (Å²) in [5, 5.41) is 11.9. The van der Waals surface area contributed by atoms with E-state index in [1.54, 1.807) is 0 Å². The molecule has 0 fully saturated rings. The van der Waals surface area contributed by atoms with Crippen molar-refractivity contribution in [3.8, 4) is 0 Å². The van der Waals surface area contributed by atoms with Gasteiger partial charge in [-0.05, 0) is 44.9 Å². The molecule has 2 N–H and O–H groups in total. The summed E-state index contributed by atoms with van der Waals surface area (Å²) in [6, 6.07) is 7.35. The molecule has 1 rings (SSSR count). The summed E-state index contributed by atoms with van der Waals surface area (Å²) in [5.41, 5.74) is 0.389. The zero-order chi connectivity index (χ0) is 14.5. The minimum Gasteiger partial charge on any atom is -0.444 e. The minimum absolute atomic E-state index is 0.00697. The molecule has 1 aromatic rings. The number of halogens is 1. The molecule has 0 aliphatic heterocycles. The summed E-state index contributed by atoms with van der Waals surface area (Å²) in [7, 11) is 0. The Morgan fingerprint density at radius 1 is 1.47 bits per heavy atom. The van der Waals surface area contributed by atoms with E-state index in [4.69, 9.17) is 9.84 Å². The number of carbonyl (C=O) groups is 1. The number of amides is 1. The molecule has 0 saturated carbocycles. The Labute approximate surface area is 122 Å². The molecule has 5 heteroatoms. The van der Waals surface area contributed by atoms with Crippen molar-refractivity contribution in [2.45, 2.75) is 38.8 Å². The summed E-state index contributed by atoms with van der Waals surface area (Å²) in [6.45, 7) is 5.43. The highest BCUT2D eigenvalue weighted by Gasteiger charge is 2.20. The van der Waals surface area contributed by atoms with Gasteiger partial charge in [0.2, 0.25) is 0 Å². The predicted octanol–water partition coefficient (Wildman–Crippen LogP) is 3.40. The Morgan fingerprint density at radius 2 is 2.16 bits per heavy atom. The van der Waals surface area contributed by atoms with Gasteiger partial charge in [-0.25, -0.2) is 4.79 Å². The lowest BCUT2D eigenvalue weighted by atomic mass is 10.0. The van der Waals surface area contributed by atoms with Gasteiger partial charge in [-0.15, -0.1) is 0 Å². The smallest absolute Gasteiger partial charge is 0.408 e. The van der Waals surface area contributed by atoms with E-state index < -0.39 is 11.7 Å². The van der Waals surface area contributed by atoms with Gasteiger partial charge in [0, 0.05) is 11.1 Å². The summed E-state index contributed by atoms with van der Waals surface area (Å²) in [6.07, 6.45) is -0.0404. The zero-order valence-electron chi connectivity index (χ0n) is 11.4. The van der Waals surface area contributed by atoms with E-state index in [0.717, 1.165) is 10.0 Å². The van der Waals surface area contributed by atoms with Crippen molar-refractivity contribution in [1.82, 2.24) is 5.32 Å². The summed E-state index contributed by atoms with van der Waals surface area (Å²) < 4.78 is 6.15. The molecule has 19 heavy (non-hydrogen) atoms. The Hall–Kier alpha value is -1.07. The van der Waals surface area contributed by atoms with Crippen molar-refractivity contribution in [3.63, 3.8) is 0 Å². The van der Waals surface area contributed by atoms with E-state index in [9.17, 15) is 4.79 Å². The van der Waals surface area contributed by atoms with Gasteiger partial charge in [0.25, 0.3) is 0 Å². The molecule has 0 radical (unpaired) electrons. The third-order valence-electron chi connectivity index (χ3n) is 2.36. The van der Waals surface area contributed by atoms with Crippen LogP contribution in [0.4, 0.5) is 4.79 Å². The van der Waals surface area contributed by atoms with Gasteiger partial charge >= 0.3 is 6.09 Å². The highest BCUT2D eigenvalue weighted by molar-refractivity contribution is 9.10. The highest BCUT2D eigenvalue weighted by atomic mass is 79.9. The van der Waals surface area contributed by atoms with Crippen molar-refractivity contribution in [3.05, 3.63) is 34.3 Å². The van der Waals surface area contributed by atoms with Gasteiger partial charge in [-0.3, -0.25) is 0 Å². The fraction of sp³-hybridized carbons (Fsp3) is 0.500. The molecule has 0 unspecified atom stereocenters. The lowest BCUT2D eigenvalue weighted by Crippen LogP contribution is -2.35. The first-order chi connectivity index (χ1) is 8.81. The molecule has 1 aromatic carbocycles. The van der Waals surface area contributed by atoms with Crippen LogP contribution in [-0.2, 0) is 4.74 Å². The van der Waals surface area contributed by atoms with E-state index in [-0.39, 0.29) is 12.6 Å². The summed E-state index contributed by atoms with van der Waals surface area (Å²) in [5.74, 6) is 0. The second kappa shape index (κ2) is 6.91. The van der Waals surface area contributed by atoms with Crippen LogP contribution in [0.25, 0.3) is 0 Å². The number of hydrogen-bond donors (Lipinski definition) is 2. The standard InChI is InChI=1S/C14H20BrNO3/c1-14(2,3)19-13(18)16-12(7-8-17)10-5-4-6-11(15)9-10/h4-6,9,12,17H,7-8H2,1-3H3,(H,16,18)/t12-/m1/s1. The Balaban J connectivity index is 2.76. The van der Waals surface area contributed by atoms with Crippen LogP contribution in [0.3, 0.4) is 0 Å². The molecule has 106 valence electrons. The van der Waals surface area contributed by atoms with Crippen LogP contribution >= 0.6 is 15.9 Å². The van der Waals surface area contributed by atoms with Crippen molar-refractivity contribution < 1.29 is 14.6 Å². The lowest BCUT2D eigenvalue weighted by Gasteiger charge is -2.23. The zero-order valence-corrected chi connectivity index (χ0v) is 13.0. The fourth-order valence-electron chi connectivity index (χ4n) is 1.62. The Morgan fingerprint density at radius 3 is 2.68 bits per heavy atom. The normalized spacial score (nSPS) is 12.9. The number of aliphatic hydroxyl groups excluding tert-OH is 1. The molecule has 1 atom stereocenters. The molecule has 0 spiro atoms. The maximum absolute atomic E-state index is 11.8. The number of alkyl carbamates (subject to hydrolysis) is 1. The molecular formula is C14H20BrNO3. The van der Waals surface area contributed by atoms with Crippen LogP contribution in [0.2, 0.25) is 0 Å². The topological polar surface area (TPSA) is 58.6 Å². The van der Waals surface area contributed by atoms with E-state index >= 15 is 0 Å². The SMILES string of the molecule is CC(C)(C)OC(=O)N[C@H](CCO)c1cccc(Br)c1. The quantitative estimate of drug-likeness (QED) is 0.890. The minimum atomic E-state index is -0.537. The molecular weight excluding hydrogens is 310 g/mol. The number of rotatable bonds is 4. The van der Waals surface area contributed by atoms with E-state index in [0.29, 0.717) is 6.42 Å². The largest absolute Gasteiger partial charge is 0.444 e. The third-order valence-corrected chi connectivity index (χ3v) is 2.85. The van der Waals surface area contributed by atoms with E-state index in [2.05, 4.69) is 21.2 Å². The van der Waals surface area contributed by atoms with Crippen molar-refractivity contribution in [2.75, 3.05) is 6.61 Å². The van der Waals surface area contributed by atoms with E-state index in [1.165, 1.54) is 0 Å². The van der Waals surface area contributed by atoms with Crippen LogP contribution in [-0.4, -0.2) is 23.4 Å². The Bertz CT molecular complexity index is 429. The Kier molecular flexibility index (Phi) is 5.82. The maximum atomic E-state index is 11.8. The number of hydrogen-bond acceptors (Lipinski definition) is 3. The summed E-state index contributed by atoms with van der Waals surface area (Å²) >= 11 is 3.39. The van der Waals surface area contributed by atoms with Crippen molar-refractivity contribution in [2.24, 2.45) is 0 Å². The van der Waals surface area contributed by atoms with Gasteiger partial charge in [-0.1, -0.05) is 28.1 Å². The van der Waals surface area contributed by atoms with Crippen LogP contribution < -0.4 is 5.32 Å². The molecule has 0 aliphatic rings. The van der Waals surface area contributed by atoms with Gasteiger partial charge < -0.3 is 15.2 Å². The molecule has 0 saturated heterocycles. The van der Waals surface area contributed by atoms with Crippen LogP contribution in [0, 0.1) is 0 Å². The second-order valence-corrected chi connectivity index (χ2v) is 6.18. The molecule has 0 heterocycles. The predicted molar refractivity (Wildman–Crippen MR) is 78.0 cm³/mol. The van der Waals surface area contributed by atoms with Crippen LogP contribution in [0.1, 0.15) is 38.8 Å². The van der Waals surface area contributed by atoms with Gasteiger partial charge in [0.1, 0.15) is 5.60 Å². The molecule has 0 aromatic heterocycles. The maximum Gasteiger partial charge on any atom is 0.408 e. The average molecular weight is 330 g/mol. The van der Waals surface area contributed by atoms with Crippen LogP contribution in [0.15, 0.2) is 28.7 Å². The molecule has 0 aliphatic carbocycles. The molecule has 4 nitrogen and oxygen atoms in total. The van der Waals surface area contributed by atoms with Gasteiger partial charge in [0.15, 0.2) is 0 Å². The average Bonchev–Trinajstić information content (AvgIpc) is 2.26. The number of benzene rings is 1.